The minimum atomic E-state index is -0.808. The summed E-state index contributed by atoms with van der Waals surface area (Å²) in [5.74, 6) is -1.59. The highest BCUT2D eigenvalue weighted by Crippen LogP contribution is 2.23. The Bertz CT molecular complexity index is 1340. The van der Waals surface area contributed by atoms with Gasteiger partial charge in [0, 0.05) is 35.2 Å². The average Bonchev–Trinajstić information content (AvgIpc) is 3.34. The van der Waals surface area contributed by atoms with Crippen LogP contribution in [-0.4, -0.2) is 34.3 Å². The van der Waals surface area contributed by atoms with E-state index in [1.54, 1.807) is 35.9 Å². The van der Waals surface area contributed by atoms with Crippen LogP contribution in [-0.2, 0) is 20.9 Å². The number of aromatic nitrogens is 2. The van der Waals surface area contributed by atoms with Gasteiger partial charge in [-0.15, -0.1) is 0 Å². The molecule has 0 radical (unpaired) electrons. The molecule has 0 saturated heterocycles. The normalized spacial score (nSPS) is 10.4. The lowest BCUT2D eigenvalue weighted by molar-refractivity contribution is -0.136. The predicted molar refractivity (Wildman–Crippen MR) is 137 cm³/mol. The molecule has 0 unspecified atom stereocenters. The molecule has 3 N–H and O–H groups in total. The van der Waals surface area contributed by atoms with Crippen LogP contribution in [0.4, 0.5) is 16.2 Å². The number of hydrogen-bond donors (Lipinski definition) is 3. The lowest BCUT2D eigenvalue weighted by atomic mass is 10.1. The van der Waals surface area contributed by atoms with Crippen LogP contribution in [0.25, 0.3) is 16.9 Å². The highest BCUT2D eigenvalue weighted by molar-refractivity contribution is 6.39. The summed E-state index contributed by atoms with van der Waals surface area (Å²) in [5, 5.41) is 12.5. The lowest BCUT2D eigenvalue weighted by Crippen LogP contribution is -2.35. The summed E-state index contributed by atoms with van der Waals surface area (Å²) in [5.41, 5.74) is 4.17. The Kier molecular flexibility index (Phi) is 7.72. The van der Waals surface area contributed by atoms with Crippen molar-refractivity contribution in [2.45, 2.75) is 13.5 Å². The molecule has 3 aromatic carbocycles. The van der Waals surface area contributed by atoms with Crippen LogP contribution in [0.15, 0.2) is 91.1 Å². The van der Waals surface area contributed by atoms with Gasteiger partial charge in [0.2, 0.25) is 0 Å². The van der Waals surface area contributed by atoms with Crippen molar-refractivity contribution in [2.75, 3.05) is 17.2 Å². The SMILES string of the molecule is CCOC(=O)Nc1ccc(NC(=O)C(=O)NCc2cn(-c3ccccc3)nc2-c2ccccc2)cc1. The molecule has 4 rings (SSSR count). The number of benzene rings is 3. The van der Waals surface area contributed by atoms with Crippen molar-refractivity contribution < 1.29 is 19.1 Å². The molecule has 1 heterocycles. The van der Waals surface area contributed by atoms with Crippen molar-refractivity contribution >= 4 is 29.3 Å². The third kappa shape index (κ3) is 6.15. The largest absolute Gasteiger partial charge is 0.450 e. The second-order valence-electron chi connectivity index (χ2n) is 7.71. The molecule has 0 aliphatic carbocycles. The Labute approximate surface area is 208 Å². The number of rotatable bonds is 7. The third-order valence-electron chi connectivity index (χ3n) is 5.17. The first-order valence-electron chi connectivity index (χ1n) is 11.4. The van der Waals surface area contributed by atoms with E-state index >= 15 is 0 Å². The monoisotopic (exact) mass is 483 g/mol. The smallest absolute Gasteiger partial charge is 0.411 e. The predicted octanol–water partition coefficient (Wildman–Crippen LogP) is 4.36. The molecule has 1 aromatic heterocycles. The van der Waals surface area contributed by atoms with E-state index in [0.29, 0.717) is 17.1 Å². The van der Waals surface area contributed by atoms with Gasteiger partial charge in [0.05, 0.1) is 18.0 Å². The fraction of sp³-hybridized carbons (Fsp3) is 0.111. The van der Waals surface area contributed by atoms with Gasteiger partial charge < -0.3 is 15.4 Å². The molecule has 0 fully saturated rings. The van der Waals surface area contributed by atoms with E-state index in [2.05, 4.69) is 16.0 Å². The van der Waals surface area contributed by atoms with Gasteiger partial charge >= 0.3 is 17.9 Å². The minimum Gasteiger partial charge on any atom is -0.450 e. The number of carbonyl (C=O) groups is 3. The maximum Gasteiger partial charge on any atom is 0.411 e. The molecule has 36 heavy (non-hydrogen) atoms. The minimum absolute atomic E-state index is 0.117. The highest BCUT2D eigenvalue weighted by atomic mass is 16.5. The molecule has 0 spiro atoms. The standard InChI is InChI=1S/C27H25N5O4/c1-2-36-27(35)30-22-15-13-21(14-16-22)29-26(34)25(33)28-17-20-18-32(23-11-7-4-8-12-23)31-24(20)19-9-5-3-6-10-19/h3-16,18H,2,17H2,1H3,(H,28,33)(H,29,34)(H,30,35). The molecule has 0 saturated carbocycles. The number of hydrogen-bond acceptors (Lipinski definition) is 5. The molecule has 9 heteroatoms. The summed E-state index contributed by atoms with van der Waals surface area (Å²) in [6.45, 7) is 2.09. The second-order valence-corrected chi connectivity index (χ2v) is 7.71. The van der Waals surface area contributed by atoms with E-state index in [4.69, 9.17) is 9.84 Å². The van der Waals surface area contributed by atoms with E-state index in [1.165, 1.54) is 0 Å². The van der Waals surface area contributed by atoms with Gasteiger partial charge in [-0.05, 0) is 43.3 Å². The van der Waals surface area contributed by atoms with Crippen molar-refractivity contribution in [1.82, 2.24) is 15.1 Å². The summed E-state index contributed by atoms with van der Waals surface area (Å²) in [6, 6.07) is 25.6. The Hall–Kier alpha value is -4.92. The first kappa shape index (κ1) is 24.2. The molecule has 0 aliphatic heterocycles. The molecule has 0 aliphatic rings. The van der Waals surface area contributed by atoms with Gasteiger partial charge in [0.1, 0.15) is 0 Å². The van der Waals surface area contributed by atoms with Crippen LogP contribution < -0.4 is 16.0 Å². The second kappa shape index (κ2) is 11.5. The van der Waals surface area contributed by atoms with Crippen molar-refractivity contribution in [1.29, 1.82) is 0 Å². The Morgan fingerprint density at radius 2 is 1.42 bits per heavy atom. The Morgan fingerprint density at radius 1 is 0.806 bits per heavy atom. The zero-order valence-electron chi connectivity index (χ0n) is 19.6. The van der Waals surface area contributed by atoms with Gasteiger partial charge in [-0.1, -0.05) is 48.5 Å². The molecule has 4 aromatic rings. The van der Waals surface area contributed by atoms with Crippen LogP contribution in [0.1, 0.15) is 12.5 Å². The van der Waals surface area contributed by atoms with E-state index in [0.717, 1.165) is 16.8 Å². The quantitative estimate of drug-likeness (QED) is 0.338. The van der Waals surface area contributed by atoms with E-state index < -0.39 is 17.9 Å². The van der Waals surface area contributed by atoms with Crippen LogP contribution in [0.3, 0.4) is 0 Å². The van der Waals surface area contributed by atoms with Gasteiger partial charge in [0.25, 0.3) is 0 Å². The number of nitrogens with zero attached hydrogens (tertiary/aromatic N) is 2. The molecule has 9 nitrogen and oxygen atoms in total. The fourth-order valence-electron chi connectivity index (χ4n) is 3.46. The van der Waals surface area contributed by atoms with Crippen LogP contribution in [0.2, 0.25) is 0 Å². The van der Waals surface area contributed by atoms with E-state index in [-0.39, 0.29) is 13.2 Å². The molecule has 0 bridgehead atoms. The molecular formula is C27H25N5O4. The molecule has 3 amide bonds. The summed E-state index contributed by atoms with van der Waals surface area (Å²) in [7, 11) is 0. The van der Waals surface area contributed by atoms with Crippen molar-refractivity contribution in [2.24, 2.45) is 0 Å². The first-order valence-corrected chi connectivity index (χ1v) is 11.4. The molecule has 0 atom stereocenters. The van der Waals surface area contributed by atoms with Crippen LogP contribution in [0.5, 0.6) is 0 Å². The number of carbonyl (C=O) groups excluding carboxylic acids is 3. The zero-order valence-corrected chi connectivity index (χ0v) is 19.6. The lowest BCUT2D eigenvalue weighted by Gasteiger charge is -2.08. The van der Waals surface area contributed by atoms with E-state index in [9.17, 15) is 14.4 Å². The number of anilines is 2. The number of ether oxygens (including phenoxy) is 1. The maximum atomic E-state index is 12.5. The summed E-state index contributed by atoms with van der Waals surface area (Å²) in [6.07, 6.45) is 1.27. The number of nitrogens with one attached hydrogen (secondary N) is 3. The van der Waals surface area contributed by atoms with Crippen LogP contribution in [0, 0.1) is 0 Å². The van der Waals surface area contributed by atoms with Crippen molar-refractivity contribution in [3.63, 3.8) is 0 Å². The highest BCUT2D eigenvalue weighted by Gasteiger charge is 2.17. The van der Waals surface area contributed by atoms with Crippen LogP contribution >= 0.6 is 0 Å². The summed E-state index contributed by atoms with van der Waals surface area (Å²) in [4.78, 5) is 36.4. The Morgan fingerprint density at radius 3 is 2.06 bits per heavy atom. The van der Waals surface area contributed by atoms with Crippen molar-refractivity contribution in [3.05, 3.63) is 96.7 Å². The van der Waals surface area contributed by atoms with Crippen molar-refractivity contribution in [3.8, 4) is 16.9 Å². The van der Waals surface area contributed by atoms with Gasteiger partial charge in [-0.2, -0.15) is 5.10 Å². The van der Waals surface area contributed by atoms with E-state index in [1.807, 2.05) is 66.9 Å². The summed E-state index contributed by atoms with van der Waals surface area (Å²) >= 11 is 0. The average molecular weight is 484 g/mol. The molecular weight excluding hydrogens is 458 g/mol. The fourth-order valence-corrected chi connectivity index (χ4v) is 3.46. The Balaban J connectivity index is 1.41. The van der Waals surface area contributed by atoms with Gasteiger partial charge in [0.15, 0.2) is 0 Å². The number of amides is 3. The maximum absolute atomic E-state index is 12.5. The van der Waals surface area contributed by atoms with Gasteiger partial charge in [-0.3, -0.25) is 14.9 Å². The summed E-state index contributed by atoms with van der Waals surface area (Å²) < 4.78 is 6.57. The third-order valence-corrected chi connectivity index (χ3v) is 5.17. The molecule has 182 valence electrons. The first-order chi connectivity index (χ1) is 17.5. The topological polar surface area (TPSA) is 114 Å². The zero-order chi connectivity index (χ0) is 25.3. The number of para-hydroxylation sites is 1. The van der Waals surface area contributed by atoms with Gasteiger partial charge in [-0.25, -0.2) is 9.48 Å².